The van der Waals surface area contributed by atoms with Crippen molar-refractivity contribution < 1.29 is 14.3 Å². The molecule has 1 aliphatic rings. The third kappa shape index (κ3) is 2.56. The van der Waals surface area contributed by atoms with Crippen molar-refractivity contribution in [3.8, 4) is 0 Å². The molecule has 0 spiro atoms. The highest BCUT2D eigenvalue weighted by Gasteiger charge is 2.24. The summed E-state index contributed by atoms with van der Waals surface area (Å²) in [7, 11) is 0. The maximum absolute atomic E-state index is 11.5. The third-order valence-electron chi connectivity index (χ3n) is 2.40. The third-order valence-corrected chi connectivity index (χ3v) is 2.40. The lowest BCUT2D eigenvalue weighted by molar-refractivity contribution is -0.116. The summed E-state index contributed by atoms with van der Waals surface area (Å²) in [5, 5.41) is 0. The van der Waals surface area contributed by atoms with E-state index in [1.165, 1.54) is 4.90 Å². The van der Waals surface area contributed by atoms with Gasteiger partial charge in [-0.1, -0.05) is 0 Å². The molecule has 2 rings (SSSR count). The van der Waals surface area contributed by atoms with Crippen LogP contribution in [0.2, 0.25) is 0 Å². The maximum Gasteiger partial charge on any atom is 0.410 e. The predicted molar refractivity (Wildman–Crippen MR) is 55.6 cm³/mol. The SMILES string of the molecule is O=C1CCN(C(=O)OCc2ccncc2)C1. The molecule has 0 saturated carbocycles. The minimum atomic E-state index is -0.428. The highest BCUT2D eigenvalue weighted by atomic mass is 16.6. The van der Waals surface area contributed by atoms with Crippen LogP contribution in [0.1, 0.15) is 12.0 Å². The Kier molecular flexibility index (Phi) is 3.14. The Morgan fingerprint density at radius 1 is 1.44 bits per heavy atom. The van der Waals surface area contributed by atoms with Crippen LogP contribution in [0.25, 0.3) is 0 Å². The van der Waals surface area contributed by atoms with Crippen molar-refractivity contribution in [3.05, 3.63) is 30.1 Å². The predicted octanol–water partition coefficient (Wildman–Crippen LogP) is 0.993. The monoisotopic (exact) mass is 220 g/mol. The van der Waals surface area contributed by atoms with E-state index in [0.717, 1.165) is 5.56 Å². The average Bonchev–Trinajstić information content (AvgIpc) is 2.74. The summed E-state index contributed by atoms with van der Waals surface area (Å²) in [6.45, 7) is 0.856. The molecule has 2 heterocycles. The fraction of sp³-hybridized carbons (Fsp3) is 0.364. The van der Waals surface area contributed by atoms with Gasteiger partial charge in [-0.25, -0.2) is 4.79 Å². The lowest BCUT2D eigenvalue weighted by Gasteiger charge is -2.13. The van der Waals surface area contributed by atoms with Crippen LogP contribution in [0.5, 0.6) is 0 Å². The average molecular weight is 220 g/mol. The normalized spacial score (nSPS) is 15.2. The second-order valence-electron chi connectivity index (χ2n) is 3.62. The number of rotatable bonds is 2. The molecule has 0 aromatic carbocycles. The summed E-state index contributed by atoms with van der Waals surface area (Å²) in [6, 6.07) is 3.56. The van der Waals surface area contributed by atoms with E-state index in [1.807, 2.05) is 0 Å². The molecule has 1 aliphatic heterocycles. The fourth-order valence-electron chi connectivity index (χ4n) is 1.50. The Balaban J connectivity index is 1.82. The lowest BCUT2D eigenvalue weighted by atomic mass is 10.3. The molecule has 1 fully saturated rings. The molecular formula is C11H12N2O3. The van der Waals surface area contributed by atoms with E-state index in [2.05, 4.69) is 4.98 Å². The van der Waals surface area contributed by atoms with Gasteiger partial charge in [0.2, 0.25) is 0 Å². The molecule has 5 heteroatoms. The Labute approximate surface area is 93.0 Å². The zero-order chi connectivity index (χ0) is 11.4. The van der Waals surface area contributed by atoms with Gasteiger partial charge in [0.05, 0.1) is 6.54 Å². The number of aromatic nitrogens is 1. The van der Waals surface area contributed by atoms with E-state index >= 15 is 0 Å². The lowest BCUT2D eigenvalue weighted by Crippen LogP contribution is -2.29. The number of pyridine rings is 1. The van der Waals surface area contributed by atoms with Crippen molar-refractivity contribution in [1.82, 2.24) is 9.88 Å². The number of amides is 1. The van der Waals surface area contributed by atoms with Crippen LogP contribution < -0.4 is 0 Å². The summed E-state index contributed by atoms with van der Waals surface area (Å²) in [5.41, 5.74) is 0.883. The van der Waals surface area contributed by atoms with E-state index in [9.17, 15) is 9.59 Å². The minimum absolute atomic E-state index is 0.0841. The zero-order valence-electron chi connectivity index (χ0n) is 8.76. The van der Waals surface area contributed by atoms with Crippen molar-refractivity contribution in [1.29, 1.82) is 0 Å². The molecule has 1 aromatic heterocycles. The fourth-order valence-corrected chi connectivity index (χ4v) is 1.50. The van der Waals surface area contributed by atoms with Gasteiger partial charge >= 0.3 is 6.09 Å². The largest absolute Gasteiger partial charge is 0.445 e. The van der Waals surface area contributed by atoms with Crippen LogP contribution in [0.4, 0.5) is 4.79 Å². The van der Waals surface area contributed by atoms with Crippen molar-refractivity contribution in [2.45, 2.75) is 13.0 Å². The second kappa shape index (κ2) is 4.74. The van der Waals surface area contributed by atoms with Gasteiger partial charge in [0.1, 0.15) is 6.61 Å². The quantitative estimate of drug-likeness (QED) is 0.745. The molecule has 0 unspecified atom stereocenters. The number of hydrogen-bond acceptors (Lipinski definition) is 4. The first-order valence-corrected chi connectivity index (χ1v) is 5.08. The number of carbonyl (C=O) groups is 2. The molecule has 84 valence electrons. The molecule has 1 saturated heterocycles. The molecule has 5 nitrogen and oxygen atoms in total. The van der Waals surface area contributed by atoms with Gasteiger partial charge in [0.15, 0.2) is 5.78 Å². The number of ether oxygens (including phenoxy) is 1. The Hall–Kier alpha value is -1.91. The molecule has 0 N–H and O–H groups in total. The van der Waals surface area contributed by atoms with Crippen LogP contribution >= 0.6 is 0 Å². The summed E-state index contributed by atoms with van der Waals surface area (Å²) >= 11 is 0. The van der Waals surface area contributed by atoms with Crippen molar-refractivity contribution >= 4 is 11.9 Å². The minimum Gasteiger partial charge on any atom is -0.445 e. The molecule has 16 heavy (non-hydrogen) atoms. The number of Topliss-reactive ketones (excluding diaryl/α,β-unsaturated/α-hetero) is 1. The summed E-state index contributed by atoms with van der Waals surface area (Å²) < 4.78 is 5.07. The van der Waals surface area contributed by atoms with Gasteiger partial charge in [0, 0.05) is 25.4 Å². The number of likely N-dealkylation sites (tertiary alicyclic amines) is 1. The highest BCUT2D eigenvalue weighted by molar-refractivity contribution is 5.87. The number of nitrogens with zero attached hydrogens (tertiary/aromatic N) is 2. The summed E-state index contributed by atoms with van der Waals surface area (Å²) in [4.78, 5) is 27.8. The smallest absolute Gasteiger partial charge is 0.410 e. The van der Waals surface area contributed by atoms with Crippen molar-refractivity contribution in [3.63, 3.8) is 0 Å². The molecule has 0 atom stereocenters. The van der Waals surface area contributed by atoms with E-state index in [4.69, 9.17) is 4.74 Å². The first-order valence-electron chi connectivity index (χ1n) is 5.08. The van der Waals surface area contributed by atoms with Gasteiger partial charge in [0.25, 0.3) is 0 Å². The molecule has 1 amide bonds. The Morgan fingerprint density at radius 3 is 2.81 bits per heavy atom. The van der Waals surface area contributed by atoms with Gasteiger partial charge in [-0.05, 0) is 17.7 Å². The van der Waals surface area contributed by atoms with Crippen molar-refractivity contribution in [2.75, 3.05) is 13.1 Å². The van der Waals surface area contributed by atoms with Crippen LogP contribution in [-0.4, -0.2) is 34.8 Å². The number of hydrogen-bond donors (Lipinski definition) is 0. The second-order valence-corrected chi connectivity index (χ2v) is 3.62. The zero-order valence-corrected chi connectivity index (χ0v) is 8.76. The van der Waals surface area contributed by atoms with Crippen LogP contribution in [0.15, 0.2) is 24.5 Å². The standard InChI is InChI=1S/C11H12N2O3/c14-10-3-6-13(7-10)11(15)16-8-9-1-4-12-5-2-9/h1-2,4-5H,3,6-8H2. The van der Waals surface area contributed by atoms with E-state index in [0.29, 0.717) is 13.0 Å². The topological polar surface area (TPSA) is 59.5 Å². The number of ketones is 1. The summed E-state index contributed by atoms with van der Waals surface area (Å²) in [6.07, 6.45) is 3.29. The maximum atomic E-state index is 11.5. The van der Waals surface area contributed by atoms with Crippen LogP contribution in [-0.2, 0) is 16.1 Å². The first-order chi connectivity index (χ1) is 7.75. The molecule has 1 aromatic rings. The van der Waals surface area contributed by atoms with Crippen LogP contribution in [0, 0.1) is 0 Å². The Morgan fingerprint density at radius 2 is 2.19 bits per heavy atom. The highest BCUT2D eigenvalue weighted by Crippen LogP contribution is 2.07. The van der Waals surface area contributed by atoms with Gasteiger partial charge in [-0.3, -0.25) is 9.78 Å². The molecule has 0 bridgehead atoms. The molecule has 0 aliphatic carbocycles. The molecular weight excluding hydrogens is 208 g/mol. The van der Waals surface area contributed by atoms with Gasteiger partial charge in [-0.2, -0.15) is 0 Å². The van der Waals surface area contributed by atoms with Gasteiger partial charge < -0.3 is 9.64 Å². The molecule has 0 radical (unpaired) electrons. The van der Waals surface area contributed by atoms with Crippen molar-refractivity contribution in [2.24, 2.45) is 0 Å². The number of carbonyl (C=O) groups excluding carboxylic acids is 2. The van der Waals surface area contributed by atoms with Crippen LogP contribution in [0.3, 0.4) is 0 Å². The van der Waals surface area contributed by atoms with Gasteiger partial charge in [-0.15, -0.1) is 0 Å². The first kappa shape index (κ1) is 10.6. The Bertz CT molecular complexity index is 391. The van der Waals surface area contributed by atoms with E-state index in [1.54, 1.807) is 24.5 Å². The van der Waals surface area contributed by atoms with E-state index in [-0.39, 0.29) is 18.9 Å². The van der Waals surface area contributed by atoms with E-state index < -0.39 is 6.09 Å². The summed E-state index contributed by atoms with van der Waals surface area (Å²) in [5.74, 6) is 0.0841.